The molecule has 0 aliphatic carbocycles. The van der Waals surface area contributed by atoms with E-state index in [4.69, 9.17) is 4.74 Å². The number of carbonyl (C=O) groups excluding carboxylic acids is 2. The van der Waals surface area contributed by atoms with Crippen LogP contribution < -0.4 is 4.90 Å². The quantitative estimate of drug-likeness (QED) is 0.268. The summed E-state index contributed by atoms with van der Waals surface area (Å²) in [6.07, 6.45) is 2.01. The highest BCUT2D eigenvalue weighted by Gasteiger charge is 2.25. The summed E-state index contributed by atoms with van der Waals surface area (Å²) in [5.74, 6) is 0.103. The summed E-state index contributed by atoms with van der Waals surface area (Å²) < 4.78 is 4.86. The predicted octanol–water partition coefficient (Wildman–Crippen LogP) is 6.84. The number of nitrogens with zero attached hydrogens (tertiary/aromatic N) is 3. The summed E-state index contributed by atoms with van der Waals surface area (Å²) in [5.41, 5.74) is 4.76. The van der Waals surface area contributed by atoms with E-state index in [-0.39, 0.29) is 11.3 Å². The molecule has 1 heterocycles. The highest BCUT2D eigenvalue weighted by molar-refractivity contribution is 6.04. The molecular weight excluding hydrogens is 474 g/mol. The maximum absolute atomic E-state index is 13.6. The monoisotopic (exact) mass is 505 g/mol. The van der Waals surface area contributed by atoms with Gasteiger partial charge in [0.05, 0.1) is 30.9 Å². The molecule has 0 bridgehead atoms. The molecule has 0 saturated carbocycles. The van der Waals surface area contributed by atoms with Crippen LogP contribution in [0.3, 0.4) is 0 Å². The second kappa shape index (κ2) is 10.9. The number of anilines is 1. The van der Waals surface area contributed by atoms with E-state index in [1.165, 1.54) is 7.11 Å². The molecule has 4 aromatic rings. The lowest BCUT2D eigenvalue weighted by Crippen LogP contribution is -2.34. The van der Waals surface area contributed by atoms with Gasteiger partial charge in [0.2, 0.25) is 5.91 Å². The molecular formula is C32H31N3O3. The van der Waals surface area contributed by atoms with Gasteiger partial charge in [-0.25, -0.2) is 9.78 Å². The van der Waals surface area contributed by atoms with E-state index in [1.807, 2.05) is 82.3 Å². The minimum Gasteiger partial charge on any atom is -0.465 e. The highest BCUT2D eigenvalue weighted by Crippen LogP contribution is 2.30. The minimum absolute atomic E-state index is 0.0317. The van der Waals surface area contributed by atoms with Crippen LogP contribution in [0.25, 0.3) is 21.9 Å². The fourth-order valence-electron chi connectivity index (χ4n) is 4.36. The van der Waals surface area contributed by atoms with E-state index < -0.39 is 5.97 Å². The molecule has 0 atom stereocenters. The van der Waals surface area contributed by atoms with Crippen molar-refractivity contribution in [1.82, 2.24) is 4.98 Å². The fraction of sp³-hybridized carbons (Fsp3) is 0.250. The largest absolute Gasteiger partial charge is 0.465 e. The highest BCUT2D eigenvalue weighted by atomic mass is 16.5. The molecule has 1 aromatic heterocycles. The van der Waals surface area contributed by atoms with Gasteiger partial charge in [-0.1, -0.05) is 57.2 Å². The van der Waals surface area contributed by atoms with Gasteiger partial charge in [-0.3, -0.25) is 9.69 Å². The van der Waals surface area contributed by atoms with Gasteiger partial charge < -0.3 is 4.74 Å². The number of benzene rings is 3. The van der Waals surface area contributed by atoms with Crippen molar-refractivity contribution < 1.29 is 14.3 Å². The molecule has 0 saturated heterocycles. The first-order valence-corrected chi connectivity index (χ1v) is 12.5. The molecule has 0 radical (unpaired) electrons. The molecule has 0 unspecified atom stereocenters. The number of methoxy groups -OCH3 is 1. The van der Waals surface area contributed by atoms with Crippen molar-refractivity contribution in [1.29, 1.82) is 5.26 Å². The van der Waals surface area contributed by atoms with Crippen molar-refractivity contribution in [2.24, 2.45) is 5.41 Å². The Bertz CT molecular complexity index is 1540. The fourth-order valence-corrected chi connectivity index (χ4v) is 4.36. The molecule has 4 rings (SSSR count). The number of amides is 1. The predicted molar refractivity (Wildman–Crippen MR) is 150 cm³/mol. The molecule has 0 aliphatic heterocycles. The zero-order chi connectivity index (χ0) is 27.4. The number of esters is 1. The minimum atomic E-state index is -0.415. The van der Waals surface area contributed by atoms with Gasteiger partial charge in [0, 0.05) is 18.0 Å². The molecule has 38 heavy (non-hydrogen) atoms. The Hall–Kier alpha value is -4.50. The van der Waals surface area contributed by atoms with E-state index in [2.05, 4.69) is 11.1 Å². The third-order valence-electron chi connectivity index (χ3n) is 6.39. The van der Waals surface area contributed by atoms with Gasteiger partial charge in [0.25, 0.3) is 0 Å². The number of aryl methyl sites for hydroxylation is 1. The number of nitriles is 1. The van der Waals surface area contributed by atoms with Crippen molar-refractivity contribution in [2.75, 3.05) is 12.0 Å². The summed E-state index contributed by atoms with van der Waals surface area (Å²) in [6.45, 7) is 8.37. The first-order valence-electron chi connectivity index (χ1n) is 12.5. The second-order valence-corrected chi connectivity index (χ2v) is 10.6. The number of hydrogen-bond acceptors (Lipinski definition) is 5. The lowest BCUT2D eigenvalue weighted by molar-refractivity contribution is -0.120. The number of fused-ring (bicyclic) bond motifs is 1. The van der Waals surface area contributed by atoms with Gasteiger partial charge in [-0.2, -0.15) is 5.26 Å². The van der Waals surface area contributed by atoms with Crippen LogP contribution in [-0.2, 0) is 16.1 Å². The van der Waals surface area contributed by atoms with Crippen LogP contribution in [0.15, 0.2) is 72.9 Å². The Balaban J connectivity index is 1.71. The average molecular weight is 506 g/mol. The van der Waals surface area contributed by atoms with Gasteiger partial charge in [0.1, 0.15) is 5.82 Å². The summed E-state index contributed by atoms with van der Waals surface area (Å²) in [7, 11) is 1.35. The molecule has 3 aromatic carbocycles. The maximum atomic E-state index is 13.6. The maximum Gasteiger partial charge on any atom is 0.337 e. The lowest BCUT2D eigenvalue weighted by atomic mass is 9.91. The molecule has 6 nitrogen and oxygen atoms in total. The second-order valence-electron chi connectivity index (χ2n) is 10.6. The van der Waals surface area contributed by atoms with Gasteiger partial charge in [-0.15, -0.1) is 0 Å². The van der Waals surface area contributed by atoms with Crippen LogP contribution >= 0.6 is 0 Å². The Morgan fingerprint density at radius 2 is 1.68 bits per heavy atom. The smallest absolute Gasteiger partial charge is 0.337 e. The van der Waals surface area contributed by atoms with Crippen molar-refractivity contribution in [2.45, 2.75) is 40.7 Å². The van der Waals surface area contributed by atoms with E-state index >= 15 is 0 Å². The topological polar surface area (TPSA) is 83.3 Å². The summed E-state index contributed by atoms with van der Waals surface area (Å²) in [4.78, 5) is 32.0. The molecule has 0 fully saturated rings. The van der Waals surface area contributed by atoms with Gasteiger partial charge in [0.15, 0.2) is 0 Å². The molecule has 0 N–H and O–H groups in total. The van der Waals surface area contributed by atoms with Crippen LogP contribution in [0, 0.1) is 23.7 Å². The van der Waals surface area contributed by atoms with Gasteiger partial charge in [-0.05, 0) is 70.3 Å². The Morgan fingerprint density at radius 3 is 2.34 bits per heavy atom. The normalized spacial score (nSPS) is 11.2. The zero-order valence-corrected chi connectivity index (χ0v) is 22.4. The van der Waals surface area contributed by atoms with Crippen LogP contribution in [0.5, 0.6) is 0 Å². The molecule has 0 spiro atoms. The third-order valence-corrected chi connectivity index (χ3v) is 6.39. The van der Waals surface area contributed by atoms with Crippen LogP contribution in [0.4, 0.5) is 5.82 Å². The number of ether oxygens (including phenoxy) is 1. The van der Waals surface area contributed by atoms with Crippen LogP contribution in [0.2, 0.25) is 0 Å². The first-order chi connectivity index (χ1) is 18.1. The Kier molecular flexibility index (Phi) is 7.59. The average Bonchev–Trinajstić information content (AvgIpc) is 2.90. The number of hydrogen-bond donors (Lipinski definition) is 0. The Morgan fingerprint density at radius 1 is 0.974 bits per heavy atom. The molecule has 192 valence electrons. The van der Waals surface area contributed by atoms with Gasteiger partial charge >= 0.3 is 5.97 Å². The number of rotatable bonds is 6. The number of aromatic nitrogens is 1. The standard InChI is InChI=1S/C32H31N3O3/c1-21-6-9-24(16-27(21)19-33)23-10-7-22(8-11-23)20-35(29(36)18-32(2,3)4)30-28-13-12-26(31(37)38-5)17-25(28)14-15-34-30/h6-17H,18,20H2,1-5H3. The van der Waals surface area contributed by atoms with Crippen molar-refractivity contribution >= 4 is 28.5 Å². The lowest BCUT2D eigenvalue weighted by Gasteiger charge is -2.27. The first kappa shape index (κ1) is 26.6. The van der Waals surface area contributed by atoms with Crippen LogP contribution in [-0.4, -0.2) is 24.0 Å². The molecule has 1 amide bonds. The molecule has 0 aliphatic rings. The van der Waals surface area contributed by atoms with E-state index in [0.29, 0.717) is 29.9 Å². The summed E-state index contributed by atoms with van der Waals surface area (Å²) in [6, 6.07) is 23.2. The van der Waals surface area contributed by atoms with Crippen molar-refractivity contribution in [3.8, 4) is 17.2 Å². The van der Waals surface area contributed by atoms with E-state index in [9.17, 15) is 14.9 Å². The SMILES string of the molecule is COC(=O)c1ccc2c(N(Cc3ccc(-c4ccc(C)c(C#N)c4)cc3)C(=O)CC(C)(C)C)nccc2c1. The van der Waals surface area contributed by atoms with Crippen molar-refractivity contribution in [3.63, 3.8) is 0 Å². The summed E-state index contributed by atoms with van der Waals surface area (Å²) in [5, 5.41) is 11.0. The number of pyridine rings is 1. The number of carbonyl (C=O) groups is 2. The Labute approximate surface area is 223 Å². The molecule has 6 heteroatoms. The van der Waals surface area contributed by atoms with Crippen molar-refractivity contribution in [3.05, 3.63) is 95.2 Å². The van der Waals surface area contributed by atoms with E-state index in [0.717, 1.165) is 33.0 Å². The van der Waals surface area contributed by atoms with E-state index in [1.54, 1.807) is 23.2 Å². The summed E-state index contributed by atoms with van der Waals surface area (Å²) >= 11 is 0. The van der Waals surface area contributed by atoms with Crippen LogP contribution in [0.1, 0.15) is 54.2 Å². The third kappa shape index (κ3) is 5.90. The zero-order valence-electron chi connectivity index (χ0n) is 22.4.